The van der Waals surface area contributed by atoms with Gasteiger partial charge in [-0.1, -0.05) is 36.7 Å². The van der Waals surface area contributed by atoms with Crippen LogP contribution in [0.25, 0.3) is 0 Å². The van der Waals surface area contributed by atoms with Crippen molar-refractivity contribution in [1.29, 1.82) is 0 Å². The fourth-order valence-electron chi connectivity index (χ4n) is 3.01. The fourth-order valence-corrected chi connectivity index (χ4v) is 3.24. The maximum atomic E-state index is 11.9. The minimum atomic E-state index is -0.142. The van der Waals surface area contributed by atoms with Gasteiger partial charge in [0.15, 0.2) is 5.96 Å². The van der Waals surface area contributed by atoms with E-state index in [1.54, 1.807) is 0 Å². The highest BCUT2D eigenvalue weighted by Gasteiger charge is 2.36. The van der Waals surface area contributed by atoms with Gasteiger partial charge in [0.25, 0.3) is 0 Å². The number of hydrogen-bond acceptors (Lipinski definition) is 3. The number of guanidine groups is 1. The van der Waals surface area contributed by atoms with Crippen LogP contribution in [0.15, 0.2) is 29.3 Å². The van der Waals surface area contributed by atoms with Gasteiger partial charge in [0.1, 0.15) is 0 Å². The molecule has 0 spiro atoms. The number of benzene rings is 1. The van der Waals surface area contributed by atoms with Gasteiger partial charge in [-0.15, -0.1) is 0 Å². The number of esters is 1. The highest BCUT2D eigenvalue weighted by molar-refractivity contribution is 6.31. The summed E-state index contributed by atoms with van der Waals surface area (Å²) in [6.07, 6.45) is 0.790. The number of nitrogens with one attached hydrogen (secondary N) is 1. The zero-order chi connectivity index (χ0) is 17.5. The molecule has 1 aliphatic heterocycles. The molecular formula is C18H26ClN3O2. The number of carbonyl (C=O) groups excluding carboxylic acids is 1. The quantitative estimate of drug-likeness (QED) is 0.503. The number of hydrogen-bond donors (Lipinski definition) is 1. The molecule has 132 valence electrons. The Morgan fingerprint density at radius 3 is 2.83 bits per heavy atom. The van der Waals surface area contributed by atoms with Crippen LogP contribution in [0.1, 0.15) is 19.4 Å². The fraction of sp³-hybridized carbons (Fsp3) is 0.556. The second kappa shape index (κ2) is 8.92. The van der Waals surface area contributed by atoms with Crippen LogP contribution in [0.2, 0.25) is 5.02 Å². The summed E-state index contributed by atoms with van der Waals surface area (Å²) < 4.78 is 4.90. The Balaban J connectivity index is 2.01. The molecule has 1 fully saturated rings. The van der Waals surface area contributed by atoms with E-state index in [2.05, 4.69) is 17.1 Å². The molecule has 0 aliphatic carbocycles. The molecule has 0 radical (unpaired) electrons. The Kier molecular flexibility index (Phi) is 6.91. The predicted molar refractivity (Wildman–Crippen MR) is 97.4 cm³/mol. The van der Waals surface area contributed by atoms with Crippen LogP contribution in [-0.2, 0) is 16.0 Å². The molecule has 24 heavy (non-hydrogen) atoms. The average Bonchev–Trinajstić information content (AvgIpc) is 2.96. The summed E-state index contributed by atoms with van der Waals surface area (Å²) in [5.41, 5.74) is 1.10. The third kappa shape index (κ3) is 4.63. The molecule has 1 heterocycles. The first-order chi connectivity index (χ1) is 11.6. The van der Waals surface area contributed by atoms with E-state index in [4.69, 9.17) is 21.3 Å². The van der Waals surface area contributed by atoms with Crippen LogP contribution >= 0.6 is 11.6 Å². The Bertz CT molecular complexity index is 591. The Labute approximate surface area is 149 Å². The summed E-state index contributed by atoms with van der Waals surface area (Å²) in [4.78, 5) is 18.7. The Morgan fingerprint density at radius 2 is 2.17 bits per heavy atom. The van der Waals surface area contributed by atoms with Crippen molar-refractivity contribution in [2.45, 2.75) is 20.3 Å². The van der Waals surface area contributed by atoms with Crippen molar-refractivity contribution in [3.05, 3.63) is 34.9 Å². The summed E-state index contributed by atoms with van der Waals surface area (Å²) in [7, 11) is 1.45. The lowest BCUT2D eigenvalue weighted by molar-refractivity contribution is -0.145. The average molecular weight is 352 g/mol. The van der Waals surface area contributed by atoms with Gasteiger partial charge in [0, 0.05) is 31.2 Å². The minimum Gasteiger partial charge on any atom is -0.469 e. The molecule has 5 nitrogen and oxygen atoms in total. The molecule has 0 aromatic heterocycles. The molecule has 6 heteroatoms. The van der Waals surface area contributed by atoms with E-state index < -0.39 is 0 Å². The number of nitrogens with zero attached hydrogens (tertiary/aromatic N) is 2. The molecule has 1 N–H and O–H groups in total. The van der Waals surface area contributed by atoms with Crippen LogP contribution in [0.5, 0.6) is 0 Å². The van der Waals surface area contributed by atoms with E-state index in [1.807, 2.05) is 31.2 Å². The van der Waals surface area contributed by atoms with Crippen LogP contribution in [-0.4, -0.2) is 50.1 Å². The molecule has 0 bridgehead atoms. The van der Waals surface area contributed by atoms with Gasteiger partial charge in [-0.2, -0.15) is 0 Å². The zero-order valence-corrected chi connectivity index (χ0v) is 15.3. The van der Waals surface area contributed by atoms with E-state index in [-0.39, 0.29) is 17.8 Å². The van der Waals surface area contributed by atoms with Crippen molar-refractivity contribution >= 4 is 23.5 Å². The van der Waals surface area contributed by atoms with Crippen molar-refractivity contribution in [1.82, 2.24) is 10.2 Å². The number of rotatable bonds is 5. The Morgan fingerprint density at radius 1 is 1.42 bits per heavy atom. The zero-order valence-electron chi connectivity index (χ0n) is 14.6. The molecule has 1 aliphatic rings. The summed E-state index contributed by atoms with van der Waals surface area (Å²) in [5.74, 6) is 0.868. The van der Waals surface area contributed by atoms with Gasteiger partial charge in [0.05, 0.1) is 13.0 Å². The molecule has 2 rings (SSSR count). The second-order valence-electron chi connectivity index (χ2n) is 6.09. The maximum Gasteiger partial charge on any atom is 0.310 e. The second-order valence-corrected chi connectivity index (χ2v) is 6.50. The Hall–Kier alpha value is -1.75. The number of likely N-dealkylation sites (tertiary alicyclic amines) is 1. The first kappa shape index (κ1) is 18.6. The monoisotopic (exact) mass is 351 g/mol. The molecule has 1 saturated heterocycles. The minimum absolute atomic E-state index is 0.0950. The predicted octanol–water partition coefficient (Wildman–Crippen LogP) is 2.59. The summed E-state index contributed by atoms with van der Waals surface area (Å²) >= 11 is 6.19. The van der Waals surface area contributed by atoms with Gasteiger partial charge >= 0.3 is 5.97 Å². The van der Waals surface area contributed by atoms with Crippen molar-refractivity contribution < 1.29 is 9.53 Å². The standard InChI is InChI=1S/C18H26ClN3O2/c1-4-20-18(21-10-9-14-7-5-6-8-16(14)19)22-11-13(2)15(12-22)17(23)24-3/h5-8,13,15H,4,9-12H2,1-3H3,(H,20,21). The number of ether oxygens (including phenoxy) is 1. The molecule has 0 saturated carbocycles. The van der Waals surface area contributed by atoms with Crippen LogP contribution in [0.4, 0.5) is 0 Å². The largest absolute Gasteiger partial charge is 0.469 e. The highest BCUT2D eigenvalue weighted by Crippen LogP contribution is 2.24. The molecular weight excluding hydrogens is 326 g/mol. The molecule has 2 atom stereocenters. The van der Waals surface area contributed by atoms with Crippen molar-refractivity contribution in [3.8, 4) is 0 Å². The van der Waals surface area contributed by atoms with Crippen molar-refractivity contribution in [2.75, 3.05) is 33.3 Å². The topological polar surface area (TPSA) is 53.9 Å². The van der Waals surface area contributed by atoms with Crippen LogP contribution in [0, 0.1) is 11.8 Å². The summed E-state index contributed by atoms with van der Waals surface area (Å²) in [6.45, 7) is 7.01. The van der Waals surface area contributed by atoms with Crippen molar-refractivity contribution in [2.24, 2.45) is 16.8 Å². The van der Waals surface area contributed by atoms with Gasteiger partial charge in [-0.25, -0.2) is 0 Å². The van der Waals surface area contributed by atoms with Gasteiger partial charge in [-0.3, -0.25) is 9.79 Å². The summed E-state index contributed by atoms with van der Waals surface area (Å²) in [5, 5.41) is 4.09. The SMILES string of the molecule is CCNC(=NCCc1ccccc1Cl)N1CC(C)C(C(=O)OC)C1. The lowest BCUT2D eigenvalue weighted by Crippen LogP contribution is -2.40. The van der Waals surface area contributed by atoms with E-state index in [9.17, 15) is 4.79 Å². The van der Waals surface area contributed by atoms with Gasteiger partial charge in [-0.05, 0) is 30.9 Å². The third-order valence-corrected chi connectivity index (χ3v) is 4.72. The van der Waals surface area contributed by atoms with E-state index in [0.29, 0.717) is 13.1 Å². The first-order valence-corrected chi connectivity index (χ1v) is 8.79. The molecule has 2 unspecified atom stereocenters. The van der Waals surface area contributed by atoms with E-state index >= 15 is 0 Å². The maximum absolute atomic E-state index is 11.9. The first-order valence-electron chi connectivity index (χ1n) is 8.41. The smallest absolute Gasteiger partial charge is 0.310 e. The lowest BCUT2D eigenvalue weighted by atomic mass is 9.99. The molecule has 0 amide bonds. The molecule has 1 aromatic rings. The van der Waals surface area contributed by atoms with Crippen molar-refractivity contribution in [3.63, 3.8) is 0 Å². The number of halogens is 1. The highest BCUT2D eigenvalue weighted by atomic mass is 35.5. The third-order valence-electron chi connectivity index (χ3n) is 4.35. The number of methoxy groups -OCH3 is 1. The number of aliphatic imine (C=N–C) groups is 1. The molecule has 1 aromatic carbocycles. The van der Waals surface area contributed by atoms with E-state index in [0.717, 1.165) is 36.1 Å². The number of carbonyl (C=O) groups is 1. The van der Waals surface area contributed by atoms with Gasteiger partial charge < -0.3 is 15.0 Å². The van der Waals surface area contributed by atoms with Gasteiger partial charge in [0.2, 0.25) is 0 Å². The summed E-state index contributed by atoms with van der Waals surface area (Å²) in [6, 6.07) is 7.84. The normalized spacial score (nSPS) is 21.0. The van der Waals surface area contributed by atoms with Crippen LogP contribution < -0.4 is 5.32 Å². The lowest BCUT2D eigenvalue weighted by Gasteiger charge is -2.21. The van der Waals surface area contributed by atoms with E-state index in [1.165, 1.54) is 7.11 Å². The van der Waals surface area contributed by atoms with Crippen LogP contribution in [0.3, 0.4) is 0 Å².